The lowest BCUT2D eigenvalue weighted by molar-refractivity contribution is 0.0563. The number of nitrogens with zero attached hydrogens (tertiary/aromatic N) is 3. The van der Waals surface area contributed by atoms with E-state index in [4.69, 9.17) is 0 Å². The third kappa shape index (κ3) is 4.20. The molecule has 1 aromatic heterocycles. The highest BCUT2D eigenvalue weighted by Crippen LogP contribution is 2.25. The number of carbonyl (C=O) groups excluding carboxylic acids is 1. The number of carbonyl (C=O) groups is 1. The van der Waals surface area contributed by atoms with Crippen molar-refractivity contribution < 1.29 is 9.90 Å². The van der Waals surface area contributed by atoms with E-state index in [1.54, 1.807) is 22.8 Å². The van der Waals surface area contributed by atoms with Crippen LogP contribution in [0.5, 0.6) is 0 Å². The molecule has 118 valence electrons. The van der Waals surface area contributed by atoms with Gasteiger partial charge in [-0.3, -0.25) is 4.68 Å². The number of rotatable bonds is 4. The van der Waals surface area contributed by atoms with E-state index in [1.165, 1.54) is 0 Å². The van der Waals surface area contributed by atoms with Gasteiger partial charge in [0.2, 0.25) is 0 Å². The Hall–Kier alpha value is -1.56. The Bertz CT molecular complexity index is 474. The summed E-state index contributed by atoms with van der Waals surface area (Å²) in [6.07, 6.45) is 7.47. The lowest BCUT2D eigenvalue weighted by Crippen LogP contribution is -2.43. The van der Waals surface area contributed by atoms with E-state index in [-0.39, 0.29) is 24.1 Å². The number of hydrogen-bond acceptors (Lipinski definition) is 3. The van der Waals surface area contributed by atoms with E-state index in [0.29, 0.717) is 6.54 Å². The van der Waals surface area contributed by atoms with Crippen molar-refractivity contribution in [3.05, 3.63) is 18.0 Å². The second-order valence-electron chi connectivity index (χ2n) is 6.11. The first kappa shape index (κ1) is 15.8. The number of hydrogen-bond donors (Lipinski definition) is 2. The molecule has 1 saturated carbocycles. The molecule has 1 aliphatic carbocycles. The third-order valence-corrected chi connectivity index (χ3v) is 4.29. The summed E-state index contributed by atoms with van der Waals surface area (Å²) in [6.45, 7) is 2.55. The third-order valence-electron chi connectivity index (χ3n) is 4.29. The first-order valence-electron chi connectivity index (χ1n) is 7.65. The molecule has 0 aromatic carbocycles. The number of aliphatic hydroxyl groups excluding tert-OH is 1. The molecular formula is C15H26N4O2. The Balaban J connectivity index is 1.84. The van der Waals surface area contributed by atoms with Gasteiger partial charge >= 0.3 is 6.03 Å². The van der Waals surface area contributed by atoms with Crippen LogP contribution in [-0.4, -0.2) is 45.5 Å². The van der Waals surface area contributed by atoms with Crippen molar-refractivity contribution in [2.24, 2.45) is 13.0 Å². The van der Waals surface area contributed by atoms with Crippen LogP contribution in [0.4, 0.5) is 4.79 Å². The average Bonchev–Trinajstić information content (AvgIpc) is 2.88. The fraction of sp³-hybridized carbons (Fsp3) is 0.733. The number of aromatic nitrogens is 2. The highest BCUT2D eigenvalue weighted by Gasteiger charge is 2.26. The Morgan fingerprint density at radius 2 is 2.29 bits per heavy atom. The highest BCUT2D eigenvalue weighted by molar-refractivity contribution is 5.74. The van der Waals surface area contributed by atoms with Crippen molar-refractivity contribution in [3.63, 3.8) is 0 Å². The molecule has 6 heteroatoms. The summed E-state index contributed by atoms with van der Waals surface area (Å²) >= 11 is 0. The Morgan fingerprint density at radius 3 is 2.90 bits per heavy atom. The number of urea groups is 1. The molecule has 0 bridgehead atoms. The SMILES string of the molecule is CC(NC(=O)N(C)CC1CCCCC1O)c1cnn(C)c1. The van der Waals surface area contributed by atoms with Gasteiger partial charge in [-0.2, -0.15) is 5.10 Å². The first-order chi connectivity index (χ1) is 9.97. The van der Waals surface area contributed by atoms with E-state index in [1.807, 2.05) is 20.2 Å². The second-order valence-corrected chi connectivity index (χ2v) is 6.11. The van der Waals surface area contributed by atoms with Gasteiger partial charge in [0.1, 0.15) is 0 Å². The smallest absolute Gasteiger partial charge is 0.317 e. The molecule has 1 aromatic rings. The van der Waals surface area contributed by atoms with Crippen LogP contribution in [-0.2, 0) is 7.05 Å². The van der Waals surface area contributed by atoms with Crippen molar-refractivity contribution in [2.45, 2.75) is 44.8 Å². The van der Waals surface area contributed by atoms with E-state index in [0.717, 1.165) is 31.2 Å². The largest absolute Gasteiger partial charge is 0.393 e. The van der Waals surface area contributed by atoms with Gasteiger partial charge in [0.15, 0.2) is 0 Å². The van der Waals surface area contributed by atoms with Gasteiger partial charge in [0, 0.05) is 38.3 Å². The zero-order valence-corrected chi connectivity index (χ0v) is 13.1. The topological polar surface area (TPSA) is 70.4 Å². The monoisotopic (exact) mass is 294 g/mol. The van der Waals surface area contributed by atoms with Crippen LogP contribution in [0, 0.1) is 5.92 Å². The van der Waals surface area contributed by atoms with Gasteiger partial charge < -0.3 is 15.3 Å². The van der Waals surface area contributed by atoms with Gasteiger partial charge in [-0.1, -0.05) is 12.8 Å². The fourth-order valence-corrected chi connectivity index (χ4v) is 2.88. The molecule has 0 radical (unpaired) electrons. The molecule has 21 heavy (non-hydrogen) atoms. The standard InChI is InChI=1S/C15H26N4O2/c1-11(13-8-16-19(3)10-13)17-15(21)18(2)9-12-6-4-5-7-14(12)20/h8,10-12,14,20H,4-7,9H2,1-3H3,(H,17,21). The summed E-state index contributed by atoms with van der Waals surface area (Å²) in [4.78, 5) is 13.9. The maximum Gasteiger partial charge on any atom is 0.317 e. The maximum absolute atomic E-state index is 12.2. The zero-order valence-electron chi connectivity index (χ0n) is 13.1. The predicted molar refractivity (Wildman–Crippen MR) is 80.7 cm³/mol. The Labute approximate surface area is 126 Å². The molecule has 2 N–H and O–H groups in total. The zero-order chi connectivity index (χ0) is 15.4. The molecule has 1 heterocycles. The van der Waals surface area contributed by atoms with Crippen LogP contribution in [0.1, 0.15) is 44.2 Å². The minimum absolute atomic E-state index is 0.0788. The van der Waals surface area contributed by atoms with Crippen molar-refractivity contribution in [1.29, 1.82) is 0 Å². The number of aliphatic hydroxyl groups is 1. The molecule has 2 rings (SSSR count). The average molecular weight is 294 g/mol. The molecule has 0 aliphatic heterocycles. The van der Waals surface area contributed by atoms with Gasteiger partial charge in [-0.25, -0.2) is 4.79 Å². The van der Waals surface area contributed by atoms with Gasteiger partial charge in [0.25, 0.3) is 0 Å². The summed E-state index contributed by atoms with van der Waals surface area (Å²) in [5.41, 5.74) is 0.983. The lowest BCUT2D eigenvalue weighted by atomic mass is 9.86. The van der Waals surface area contributed by atoms with Crippen molar-refractivity contribution in [1.82, 2.24) is 20.0 Å². The molecule has 1 fully saturated rings. The van der Waals surface area contributed by atoms with Crippen molar-refractivity contribution in [2.75, 3.05) is 13.6 Å². The fourth-order valence-electron chi connectivity index (χ4n) is 2.88. The first-order valence-corrected chi connectivity index (χ1v) is 7.65. The van der Waals surface area contributed by atoms with Crippen molar-refractivity contribution in [3.8, 4) is 0 Å². The van der Waals surface area contributed by atoms with Crippen LogP contribution in [0.3, 0.4) is 0 Å². The summed E-state index contributed by atoms with van der Waals surface area (Å²) in [7, 11) is 3.64. The molecule has 6 nitrogen and oxygen atoms in total. The summed E-state index contributed by atoms with van der Waals surface area (Å²) < 4.78 is 1.72. The minimum Gasteiger partial charge on any atom is -0.393 e. The Morgan fingerprint density at radius 1 is 1.57 bits per heavy atom. The molecule has 0 saturated heterocycles. The van der Waals surface area contributed by atoms with Crippen LogP contribution >= 0.6 is 0 Å². The lowest BCUT2D eigenvalue weighted by Gasteiger charge is -2.31. The molecule has 3 atom stereocenters. The van der Waals surface area contributed by atoms with Crippen LogP contribution in [0.15, 0.2) is 12.4 Å². The van der Waals surface area contributed by atoms with Crippen LogP contribution in [0.25, 0.3) is 0 Å². The number of nitrogens with one attached hydrogen (secondary N) is 1. The molecule has 1 aliphatic rings. The van der Waals surface area contributed by atoms with E-state index >= 15 is 0 Å². The van der Waals surface area contributed by atoms with Gasteiger partial charge in [-0.05, 0) is 19.8 Å². The molecule has 3 unspecified atom stereocenters. The second kappa shape index (κ2) is 6.93. The van der Waals surface area contributed by atoms with E-state index < -0.39 is 0 Å². The predicted octanol–water partition coefficient (Wildman–Crippen LogP) is 1.67. The molecule has 2 amide bonds. The normalized spacial score (nSPS) is 23.6. The number of amides is 2. The van der Waals surface area contributed by atoms with Crippen LogP contribution in [0.2, 0.25) is 0 Å². The number of aryl methyl sites for hydroxylation is 1. The quantitative estimate of drug-likeness (QED) is 0.887. The summed E-state index contributed by atoms with van der Waals surface area (Å²) in [5.74, 6) is 0.197. The highest BCUT2D eigenvalue weighted by atomic mass is 16.3. The van der Waals surface area contributed by atoms with E-state index in [2.05, 4.69) is 10.4 Å². The maximum atomic E-state index is 12.2. The summed E-state index contributed by atoms with van der Waals surface area (Å²) in [5, 5.41) is 17.1. The van der Waals surface area contributed by atoms with Gasteiger partial charge in [0.05, 0.1) is 18.3 Å². The summed E-state index contributed by atoms with van der Waals surface area (Å²) in [6, 6.07) is -0.186. The van der Waals surface area contributed by atoms with Crippen LogP contribution < -0.4 is 5.32 Å². The molecular weight excluding hydrogens is 268 g/mol. The van der Waals surface area contributed by atoms with E-state index in [9.17, 15) is 9.90 Å². The van der Waals surface area contributed by atoms with Gasteiger partial charge in [-0.15, -0.1) is 0 Å². The molecule has 0 spiro atoms. The Kier molecular flexibility index (Phi) is 5.22. The van der Waals surface area contributed by atoms with Crippen molar-refractivity contribution >= 4 is 6.03 Å². The minimum atomic E-state index is -0.273.